The van der Waals surface area contributed by atoms with E-state index < -0.39 is 18.2 Å². The molecule has 5 N–H and O–H groups in total. The van der Waals surface area contributed by atoms with Crippen LogP contribution in [0.2, 0.25) is 10.0 Å². The first-order chi connectivity index (χ1) is 29.1. The van der Waals surface area contributed by atoms with Crippen molar-refractivity contribution in [1.82, 2.24) is 0 Å². The largest absolute Gasteiger partial charge is 0.477 e. The van der Waals surface area contributed by atoms with Crippen LogP contribution in [0.15, 0.2) is 60.7 Å². The van der Waals surface area contributed by atoms with Crippen molar-refractivity contribution in [3.05, 3.63) is 112 Å². The van der Waals surface area contributed by atoms with Gasteiger partial charge in [-0.25, -0.2) is 9.59 Å². The molecule has 2 heterocycles. The van der Waals surface area contributed by atoms with Gasteiger partial charge in [0.1, 0.15) is 9.75 Å². The van der Waals surface area contributed by atoms with Gasteiger partial charge in [-0.1, -0.05) is 35.3 Å². The van der Waals surface area contributed by atoms with E-state index in [0.717, 1.165) is 96.2 Å². The highest BCUT2D eigenvalue weighted by molar-refractivity contribution is 7.14. The summed E-state index contributed by atoms with van der Waals surface area (Å²) < 4.78 is 5.26. The van der Waals surface area contributed by atoms with Crippen LogP contribution in [0, 0.1) is 23.7 Å². The van der Waals surface area contributed by atoms with Gasteiger partial charge in [0.15, 0.2) is 0 Å². The van der Waals surface area contributed by atoms with Gasteiger partial charge in [0.2, 0.25) is 0 Å². The second-order valence-electron chi connectivity index (χ2n) is 16.7. The van der Waals surface area contributed by atoms with Gasteiger partial charge in [-0.3, -0.25) is 0 Å². The fourth-order valence-corrected chi connectivity index (χ4v) is 12.4. The molecule has 0 saturated heterocycles. The van der Waals surface area contributed by atoms with Crippen LogP contribution >= 0.6 is 69.1 Å². The maximum absolute atomic E-state index is 12.0. The molecule has 2 aromatic heterocycles. The summed E-state index contributed by atoms with van der Waals surface area (Å²) in [5, 5.41) is 50.1. The molecule has 0 bridgehead atoms. The summed E-state index contributed by atoms with van der Waals surface area (Å²) >= 11 is 28.3. The lowest BCUT2D eigenvalue weighted by Gasteiger charge is -2.23. The number of ether oxygens (including phenoxy) is 1. The van der Waals surface area contributed by atoms with Crippen LogP contribution in [0.5, 0.6) is 0 Å². The first kappa shape index (κ1) is 49.8. The number of esters is 1. The van der Waals surface area contributed by atoms with Gasteiger partial charge in [0, 0.05) is 30.6 Å². The Hall–Kier alpha value is -2.22. The van der Waals surface area contributed by atoms with E-state index in [4.69, 9.17) is 56.2 Å². The number of alkyl halides is 2. The van der Waals surface area contributed by atoms with E-state index in [2.05, 4.69) is 0 Å². The molecule has 0 spiro atoms. The zero-order valence-electron chi connectivity index (χ0n) is 34.7. The number of hydrogen-bond donors (Lipinski definition) is 5. The van der Waals surface area contributed by atoms with Crippen molar-refractivity contribution in [1.29, 1.82) is 0 Å². The first-order valence-electron chi connectivity index (χ1n) is 21.2. The number of aliphatic hydroxyl groups is 4. The van der Waals surface area contributed by atoms with Crippen molar-refractivity contribution in [3.8, 4) is 0 Å². The number of carbonyl (C=O) groups is 2. The second kappa shape index (κ2) is 24.2. The molecule has 0 unspecified atom stereocenters. The number of aryl methyl sites for hydroxylation is 4. The number of thiophene rings is 2. The van der Waals surface area contributed by atoms with Crippen molar-refractivity contribution in [2.24, 2.45) is 23.7 Å². The van der Waals surface area contributed by atoms with Crippen LogP contribution < -0.4 is 0 Å². The van der Waals surface area contributed by atoms with Crippen molar-refractivity contribution < 1.29 is 39.9 Å². The molecule has 8 atom stereocenters. The lowest BCUT2D eigenvalue weighted by Crippen LogP contribution is -2.21. The summed E-state index contributed by atoms with van der Waals surface area (Å²) in [5.74, 6) is -0.371. The SMILES string of the molecule is CC(C)OC(=O)c1ccc(CCC[C@@H]2[C@@H](CCc3cc(Cl)cc(CO)c3)[C@H](O)C[C@H]2Cl)s1.O=C(O)c1ccc(CCC[C@@H]2[C@@H](CCc3cc(Cl)cc(CO)c3)[C@H](O)C[C@H]2Cl)s1. The average molecular weight is 957 g/mol. The van der Waals surface area contributed by atoms with E-state index in [1.54, 1.807) is 18.2 Å². The summed E-state index contributed by atoms with van der Waals surface area (Å²) in [5.41, 5.74) is 3.73. The van der Waals surface area contributed by atoms with Crippen molar-refractivity contribution in [3.63, 3.8) is 0 Å². The highest BCUT2D eigenvalue weighted by atomic mass is 35.5. The van der Waals surface area contributed by atoms with E-state index in [1.807, 2.05) is 56.3 Å². The zero-order chi connectivity index (χ0) is 44.2. The van der Waals surface area contributed by atoms with Crippen LogP contribution in [0.1, 0.15) is 117 Å². The van der Waals surface area contributed by atoms with E-state index >= 15 is 0 Å². The lowest BCUT2D eigenvalue weighted by molar-refractivity contribution is 0.0383. The maximum atomic E-state index is 12.0. The molecule has 2 aliphatic carbocycles. The predicted molar refractivity (Wildman–Crippen MR) is 248 cm³/mol. The quantitative estimate of drug-likeness (QED) is 0.0462. The molecule has 2 saturated carbocycles. The van der Waals surface area contributed by atoms with Crippen LogP contribution in [0.3, 0.4) is 0 Å². The smallest absolute Gasteiger partial charge is 0.348 e. The number of aliphatic hydroxyl groups excluding tert-OH is 4. The third kappa shape index (κ3) is 14.9. The van der Waals surface area contributed by atoms with Crippen molar-refractivity contribution >= 4 is 81.0 Å². The highest BCUT2D eigenvalue weighted by Crippen LogP contribution is 2.43. The standard InChI is InChI=1S/C25H32Cl2O4S.C22H26Cl2O4S/c1-15(2)31-25(30)24-9-7-19(32-24)4-3-5-20-21(23(29)13-22(20)27)8-6-16-10-17(14-28)12-18(26)11-16;23-15-9-13(8-14(10-15)12-25)4-6-18-17(19(24)11-20(18)26)3-1-2-16-5-7-21(29-16)22(27)28/h7,9-12,15,20-23,28-29H,3-6,8,13-14H2,1-2H3;5,7-10,17-20,25-26H,1-4,6,11-12H2,(H,27,28)/t20-,21-,22-,23-;17-,18-,19-,20-/m11/s1. The Kier molecular flexibility index (Phi) is 19.7. The lowest BCUT2D eigenvalue weighted by atomic mass is 9.85. The van der Waals surface area contributed by atoms with Gasteiger partial charge >= 0.3 is 11.9 Å². The third-order valence-corrected chi connectivity index (χ3v) is 15.6. The minimum atomic E-state index is -0.883. The molecule has 6 rings (SSSR count). The number of carboxylic acids is 1. The van der Waals surface area contributed by atoms with E-state index in [-0.39, 0.29) is 59.7 Å². The molecular formula is C47H58Cl4O8S2. The third-order valence-electron chi connectivity index (χ3n) is 11.9. The van der Waals surface area contributed by atoms with E-state index in [0.29, 0.717) is 32.6 Å². The molecule has 2 aliphatic rings. The Balaban J connectivity index is 0.000000232. The molecule has 8 nitrogen and oxygen atoms in total. The summed E-state index contributed by atoms with van der Waals surface area (Å²) in [6.07, 6.45) is 8.99. The van der Waals surface area contributed by atoms with E-state index in [9.17, 15) is 30.0 Å². The Morgan fingerprint density at radius 3 is 1.48 bits per heavy atom. The maximum Gasteiger partial charge on any atom is 0.348 e. The summed E-state index contributed by atoms with van der Waals surface area (Å²) in [6, 6.07) is 18.7. The van der Waals surface area contributed by atoms with Crippen LogP contribution in [-0.2, 0) is 43.6 Å². The topological polar surface area (TPSA) is 145 Å². The summed E-state index contributed by atoms with van der Waals surface area (Å²) in [4.78, 5) is 26.3. The van der Waals surface area contributed by atoms with Gasteiger partial charge < -0.3 is 30.3 Å². The molecule has 0 amide bonds. The van der Waals surface area contributed by atoms with Gasteiger partial charge in [-0.15, -0.1) is 45.9 Å². The number of halogens is 4. The van der Waals surface area contributed by atoms with Gasteiger partial charge in [-0.2, -0.15) is 0 Å². The minimum Gasteiger partial charge on any atom is -0.477 e. The molecule has 2 aromatic carbocycles. The van der Waals surface area contributed by atoms with Gasteiger partial charge in [0.25, 0.3) is 0 Å². The fraction of sp³-hybridized carbons (Fsp3) is 0.532. The summed E-state index contributed by atoms with van der Waals surface area (Å²) in [6.45, 7) is 3.61. The Labute approximate surface area is 387 Å². The molecule has 4 aromatic rings. The Morgan fingerprint density at radius 1 is 0.639 bits per heavy atom. The van der Waals surface area contributed by atoms with Gasteiger partial charge in [-0.05, 0) is 185 Å². The number of carbonyl (C=O) groups excluding carboxylic acids is 1. The van der Waals surface area contributed by atoms with Crippen LogP contribution in [0.25, 0.3) is 0 Å². The molecule has 14 heteroatoms. The number of rotatable bonds is 19. The molecule has 0 aliphatic heterocycles. The van der Waals surface area contributed by atoms with Crippen molar-refractivity contribution in [2.45, 2.75) is 133 Å². The number of carboxylic acid groups (broad SMARTS) is 1. The Bertz CT molecular complexity index is 2020. The molecule has 0 radical (unpaired) electrons. The van der Waals surface area contributed by atoms with E-state index in [1.165, 1.54) is 22.7 Å². The number of benzene rings is 2. The molecule has 61 heavy (non-hydrogen) atoms. The predicted octanol–water partition coefficient (Wildman–Crippen LogP) is 11.2. The minimum absolute atomic E-state index is 0.0257. The zero-order valence-corrected chi connectivity index (χ0v) is 39.3. The summed E-state index contributed by atoms with van der Waals surface area (Å²) in [7, 11) is 0. The normalized spacial score (nSPS) is 23.6. The average Bonchev–Trinajstić information content (AvgIpc) is 3.99. The highest BCUT2D eigenvalue weighted by Gasteiger charge is 2.41. The second-order valence-corrected chi connectivity index (χ2v) is 21.0. The molecular weight excluding hydrogens is 898 g/mol. The first-order valence-corrected chi connectivity index (χ1v) is 24.4. The molecule has 2 fully saturated rings. The number of hydrogen-bond acceptors (Lipinski definition) is 9. The van der Waals surface area contributed by atoms with Crippen LogP contribution in [-0.4, -0.2) is 66.5 Å². The monoisotopic (exact) mass is 954 g/mol. The number of aromatic carboxylic acids is 1. The van der Waals surface area contributed by atoms with Crippen molar-refractivity contribution in [2.75, 3.05) is 0 Å². The van der Waals surface area contributed by atoms with Crippen LogP contribution in [0.4, 0.5) is 0 Å². The Morgan fingerprint density at radius 2 is 1.07 bits per heavy atom. The van der Waals surface area contributed by atoms with Gasteiger partial charge in [0.05, 0.1) is 31.5 Å². The fourth-order valence-electron chi connectivity index (χ4n) is 8.99. The molecule has 334 valence electrons.